The van der Waals surface area contributed by atoms with Gasteiger partial charge in [-0.3, -0.25) is 4.79 Å². The third-order valence-electron chi connectivity index (χ3n) is 6.02. The number of sulfonamides is 1. The Bertz CT molecular complexity index is 830. The van der Waals surface area contributed by atoms with E-state index in [1.807, 2.05) is 30.3 Å². The van der Waals surface area contributed by atoms with E-state index in [4.69, 9.17) is 4.74 Å². The van der Waals surface area contributed by atoms with Crippen molar-refractivity contribution >= 4 is 22.0 Å². The number of piperidine rings is 1. The lowest BCUT2D eigenvalue weighted by Gasteiger charge is -2.38. The first kappa shape index (κ1) is 23.5. The molecule has 2 aliphatic rings. The van der Waals surface area contributed by atoms with E-state index < -0.39 is 10.0 Å². The van der Waals surface area contributed by atoms with Crippen LogP contribution in [0.25, 0.3) is 0 Å². The van der Waals surface area contributed by atoms with Gasteiger partial charge in [0.1, 0.15) is 0 Å². The summed E-state index contributed by atoms with van der Waals surface area (Å²) in [5.74, 6) is 0.0608. The van der Waals surface area contributed by atoms with E-state index in [0.717, 1.165) is 12.0 Å². The second-order valence-corrected chi connectivity index (χ2v) is 10.2. The smallest absolute Gasteiger partial charge is 0.409 e. The summed E-state index contributed by atoms with van der Waals surface area (Å²) < 4.78 is 31.9. The zero-order valence-electron chi connectivity index (χ0n) is 18.2. The van der Waals surface area contributed by atoms with Crippen LogP contribution in [0, 0.1) is 5.92 Å². The van der Waals surface area contributed by atoms with Gasteiger partial charge >= 0.3 is 6.09 Å². The Kier molecular flexibility index (Phi) is 8.31. The van der Waals surface area contributed by atoms with Crippen molar-refractivity contribution in [3.05, 3.63) is 35.9 Å². The summed E-state index contributed by atoms with van der Waals surface area (Å²) in [6, 6.07) is 9.89. The second-order valence-electron chi connectivity index (χ2n) is 8.09. The molecule has 1 aromatic rings. The summed E-state index contributed by atoms with van der Waals surface area (Å²) in [5.41, 5.74) is 1.14. The molecule has 2 fully saturated rings. The fraction of sp³-hybridized carbons (Fsp3) is 0.636. The Balaban J connectivity index is 1.41. The van der Waals surface area contributed by atoms with Gasteiger partial charge in [-0.2, -0.15) is 0 Å². The van der Waals surface area contributed by atoms with Gasteiger partial charge in [0.25, 0.3) is 0 Å². The van der Waals surface area contributed by atoms with Gasteiger partial charge in [-0.25, -0.2) is 17.5 Å². The number of rotatable bonds is 7. The molecule has 2 saturated heterocycles. The standard InChI is InChI=1S/C22H33N3O5S/c1-2-30-22(27)24-16-14-23(15-17-24)21(26)20-10-12-25(13-11-20)31(28,29)18-6-9-19-7-4-3-5-8-19/h3-5,7-8,20H,2,6,9-18H2,1H3. The predicted molar refractivity (Wildman–Crippen MR) is 118 cm³/mol. The molecule has 0 aromatic heterocycles. The fourth-order valence-corrected chi connectivity index (χ4v) is 5.73. The number of nitrogens with zero attached hydrogens (tertiary/aromatic N) is 3. The van der Waals surface area contributed by atoms with Gasteiger partial charge in [0.2, 0.25) is 15.9 Å². The number of carbonyl (C=O) groups excluding carboxylic acids is 2. The normalized spacial score (nSPS) is 18.7. The number of carbonyl (C=O) groups is 2. The van der Waals surface area contributed by atoms with E-state index in [2.05, 4.69) is 0 Å². The molecular formula is C22H33N3O5S. The van der Waals surface area contributed by atoms with Gasteiger partial charge in [0.15, 0.2) is 0 Å². The first-order valence-electron chi connectivity index (χ1n) is 11.1. The maximum absolute atomic E-state index is 12.9. The van der Waals surface area contributed by atoms with Gasteiger partial charge in [-0.15, -0.1) is 0 Å². The molecule has 0 radical (unpaired) electrons. The topological polar surface area (TPSA) is 87.2 Å². The first-order chi connectivity index (χ1) is 14.9. The maximum Gasteiger partial charge on any atom is 0.409 e. The molecular weight excluding hydrogens is 418 g/mol. The lowest BCUT2D eigenvalue weighted by molar-refractivity contribution is -0.138. The van der Waals surface area contributed by atoms with Crippen molar-refractivity contribution in [3.8, 4) is 0 Å². The van der Waals surface area contributed by atoms with E-state index >= 15 is 0 Å². The average molecular weight is 452 g/mol. The van der Waals surface area contributed by atoms with Crippen LogP contribution in [0.5, 0.6) is 0 Å². The molecule has 0 aliphatic carbocycles. The van der Waals surface area contributed by atoms with Crippen molar-refractivity contribution in [3.63, 3.8) is 0 Å². The number of piperazine rings is 1. The Morgan fingerprint density at radius 3 is 2.19 bits per heavy atom. The largest absolute Gasteiger partial charge is 0.450 e. The molecule has 2 heterocycles. The summed E-state index contributed by atoms with van der Waals surface area (Å²) >= 11 is 0. The molecule has 3 rings (SSSR count). The summed E-state index contributed by atoms with van der Waals surface area (Å²) in [7, 11) is -3.30. The van der Waals surface area contributed by atoms with Crippen LogP contribution < -0.4 is 0 Å². The Labute approximate surface area is 185 Å². The minimum Gasteiger partial charge on any atom is -0.450 e. The number of ether oxygens (including phenoxy) is 1. The average Bonchev–Trinajstić information content (AvgIpc) is 2.79. The number of benzene rings is 1. The molecule has 1 aromatic carbocycles. The highest BCUT2D eigenvalue weighted by Gasteiger charge is 2.34. The monoisotopic (exact) mass is 451 g/mol. The van der Waals surface area contributed by atoms with E-state index in [9.17, 15) is 18.0 Å². The van der Waals surface area contributed by atoms with Crippen LogP contribution in [0.3, 0.4) is 0 Å². The number of amides is 2. The highest BCUT2D eigenvalue weighted by atomic mass is 32.2. The quantitative estimate of drug-likeness (QED) is 0.633. The molecule has 2 aliphatic heterocycles. The van der Waals surface area contributed by atoms with Gasteiger partial charge in [-0.05, 0) is 38.2 Å². The van der Waals surface area contributed by atoms with Crippen LogP contribution in [0.15, 0.2) is 30.3 Å². The minimum absolute atomic E-state index is 0.0737. The van der Waals surface area contributed by atoms with Crippen molar-refractivity contribution in [1.82, 2.24) is 14.1 Å². The zero-order valence-corrected chi connectivity index (χ0v) is 19.1. The Morgan fingerprint density at radius 1 is 0.968 bits per heavy atom. The van der Waals surface area contributed by atoms with Crippen LogP contribution in [-0.2, 0) is 26.0 Å². The van der Waals surface area contributed by atoms with Crippen LogP contribution in [0.2, 0.25) is 0 Å². The number of hydrogen-bond acceptors (Lipinski definition) is 5. The van der Waals surface area contributed by atoms with Crippen molar-refractivity contribution < 1.29 is 22.7 Å². The molecule has 0 saturated carbocycles. The maximum atomic E-state index is 12.9. The van der Waals surface area contributed by atoms with Crippen LogP contribution >= 0.6 is 0 Å². The fourth-order valence-electron chi connectivity index (χ4n) is 4.20. The highest BCUT2D eigenvalue weighted by molar-refractivity contribution is 7.89. The third-order valence-corrected chi connectivity index (χ3v) is 7.98. The van der Waals surface area contributed by atoms with Crippen LogP contribution in [0.1, 0.15) is 31.7 Å². The van der Waals surface area contributed by atoms with Crippen LogP contribution in [-0.4, -0.2) is 86.2 Å². The molecule has 31 heavy (non-hydrogen) atoms. The van der Waals surface area contributed by atoms with Crippen molar-refractivity contribution in [2.75, 3.05) is 51.6 Å². The minimum atomic E-state index is -3.30. The summed E-state index contributed by atoms with van der Waals surface area (Å²) in [6.45, 7) is 4.84. The van der Waals surface area contributed by atoms with Gasteiger partial charge in [0.05, 0.1) is 12.4 Å². The summed E-state index contributed by atoms with van der Waals surface area (Å²) in [5, 5.41) is 0. The van der Waals surface area contributed by atoms with Gasteiger partial charge < -0.3 is 14.5 Å². The molecule has 0 spiro atoms. The van der Waals surface area contributed by atoms with Gasteiger partial charge in [-0.1, -0.05) is 30.3 Å². The first-order valence-corrected chi connectivity index (χ1v) is 12.7. The summed E-state index contributed by atoms with van der Waals surface area (Å²) in [6.07, 6.45) is 2.10. The van der Waals surface area contributed by atoms with E-state index in [-0.39, 0.29) is 23.7 Å². The number of hydrogen-bond donors (Lipinski definition) is 0. The second kappa shape index (κ2) is 10.9. The third kappa shape index (κ3) is 6.43. The SMILES string of the molecule is CCOC(=O)N1CCN(C(=O)C2CCN(S(=O)(=O)CCCc3ccccc3)CC2)CC1. The Hall–Kier alpha value is -2.13. The van der Waals surface area contributed by atoms with Crippen molar-refractivity contribution in [2.24, 2.45) is 5.92 Å². The van der Waals surface area contributed by atoms with Crippen molar-refractivity contribution in [2.45, 2.75) is 32.6 Å². The summed E-state index contributed by atoms with van der Waals surface area (Å²) in [4.78, 5) is 28.1. The van der Waals surface area contributed by atoms with E-state index in [1.54, 1.807) is 21.0 Å². The highest BCUT2D eigenvalue weighted by Crippen LogP contribution is 2.23. The molecule has 9 heteroatoms. The lowest BCUT2D eigenvalue weighted by atomic mass is 9.96. The Morgan fingerprint density at radius 2 is 1.58 bits per heavy atom. The van der Waals surface area contributed by atoms with E-state index in [1.165, 1.54) is 0 Å². The molecule has 8 nitrogen and oxygen atoms in total. The van der Waals surface area contributed by atoms with Gasteiger partial charge in [0, 0.05) is 45.2 Å². The molecule has 172 valence electrons. The predicted octanol–water partition coefficient (Wildman–Crippen LogP) is 1.96. The molecule has 0 unspecified atom stereocenters. The van der Waals surface area contributed by atoms with Crippen molar-refractivity contribution in [1.29, 1.82) is 0 Å². The molecule has 0 bridgehead atoms. The number of aryl methyl sites for hydroxylation is 1. The van der Waals surface area contributed by atoms with E-state index in [0.29, 0.717) is 65.1 Å². The lowest BCUT2D eigenvalue weighted by Crippen LogP contribution is -2.53. The molecule has 2 amide bonds. The molecule has 0 N–H and O–H groups in total. The molecule has 0 atom stereocenters. The van der Waals surface area contributed by atoms with Crippen LogP contribution in [0.4, 0.5) is 4.79 Å². The zero-order chi connectivity index (χ0) is 22.3.